The minimum atomic E-state index is -3.88. The van der Waals surface area contributed by atoms with Crippen molar-refractivity contribution in [1.82, 2.24) is 19.9 Å². The SMILES string of the molecule is C#CC[C@H](NC(=O)[C@H](Cc1ccccc1)CS(=O)(=O)N(C)CCc1ccccn1)C(=O)N[C@@H](CC1CCCCC1)[C@@H](O)[C@@H](O)C1CC1. The molecule has 47 heavy (non-hydrogen) atoms. The number of sulfonamides is 1. The van der Waals surface area contributed by atoms with Crippen LogP contribution in [0.25, 0.3) is 0 Å². The van der Waals surface area contributed by atoms with Crippen LogP contribution in [0.3, 0.4) is 0 Å². The third-order valence-electron chi connectivity index (χ3n) is 9.45. The van der Waals surface area contributed by atoms with Gasteiger partial charge in [0.25, 0.3) is 0 Å². The summed E-state index contributed by atoms with van der Waals surface area (Å²) in [6.45, 7) is 0.193. The number of pyridine rings is 1. The molecule has 2 aromatic rings. The van der Waals surface area contributed by atoms with Crippen molar-refractivity contribution >= 4 is 21.8 Å². The van der Waals surface area contributed by atoms with Gasteiger partial charge in [-0.1, -0.05) is 68.5 Å². The molecule has 0 saturated heterocycles. The number of amides is 2. The Labute approximate surface area is 279 Å². The van der Waals surface area contributed by atoms with Crippen molar-refractivity contribution in [2.45, 2.75) is 94.9 Å². The fraction of sp³-hybridized carbons (Fsp3) is 0.583. The lowest BCUT2D eigenvalue weighted by molar-refractivity contribution is -0.132. The van der Waals surface area contributed by atoms with Crippen molar-refractivity contribution in [3.8, 4) is 12.3 Å². The van der Waals surface area contributed by atoms with Gasteiger partial charge in [0.05, 0.1) is 23.8 Å². The van der Waals surface area contributed by atoms with Gasteiger partial charge < -0.3 is 20.8 Å². The number of carbonyl (C=O) groups excluding carboxylic acids is 2. The van der Waals surface area contributed by atoms with Crippen molar-refractivity contribution < 1.29 is 28.2 Å². The van der Waals surface area contributed by atoms with Crippen LogP contribution in [0.2, 0.25) is 0 Å². The number of carbonyl (C=O) groups is 2. The first-order valence-electron chi connectivity index (χ1n) is 16.9. The summed E-state index contributed by atoms with van der Waals surface area (Å²) in [4.78, 5) is 31.8. The van der Waals surface area contributed by atoms with Gasteiger partial charge in [0.1, 0.15) is 12.1 Å². The van der Waals surface area contributed by atoms with E-state index in [2.05, 4.69) is 21.5 Å². The third-order valence-corrected chi connectivity index (χ3v) is 11.4. The predicted molar refractivity (Wildman–Crippen MR) is 181 cm³/mol. The van der Waals surface area contributed by atoms with Crippen LogP contribution in [-0.2, 0) is 32.5 Å². The topological polar surface area (TPSA) is 149 Å². The Morgan fingerprint density at radius 2 is 1.70 bits per heavy atom. The Balaban J connectivity index is 1.47. The molecule has 0 unspecified atom stereocenters. The quantitative estimate of drug-likeness (QED) is 0.179. The maximum Gasteiger partial charge on any atom is 0.243 e. The van der Waals surface area contributed by atoms with E-state index < -0.39 is 57.8 Å². The van der Waals surface area contributed by atoms with Gasteiger partial charge in [-0.15, -0.1) is 12.3 Å². The largest absolute Gasteiger partial charge is 0.390 e. The summed E-state index contributed by atoms with van der Waals surface area (Å²) in [5, 5.41) is 27.6. The number of nitrogens with zero attached hydrogens (tertiary/aromatic N) is 2. The Morgan fingerprint density at radius 3 is 2.34 bits per heavy atom. The molecule has 2 saturated carbocycles. The lowest BCUT2D eigenvalue weighted by atomic mass is 9.82. The van der Waals surface area contributed by atoms with E-state index in [0.29, 0.717) is 18.8 Å². The number of hydrogen-bond donors (Lipinski definition) is 4. The molecule has 256 valence electrons. The van der Waals surface area contributed by atoms with Crippen molar-refractivity contribution in [2.75, 3.05) is 19.3 Å². The molecule has 0 bridgehead atoms. The number of rotatable bonds is 18. The molecule has 2 amide bonds. The van der Waals surface area contributed by atoms with E-state index in [-0.39, 0.29) is 25.3 Å². The molecule has 0 spiro atoms. The number of aliphatic hydroxyl groups excluding tert-OH is 2. The van der Waals surface area contributed by atoms with Gasteiger partial charge in [-0.05, 0) is 55.2 Å². The van der Waals surface area contributed by atoms with E-state index >= 15 is 0 Å². The maximum absolute atomic E-state index is 13.8. The summed E-state index contributed by atoms with van der Waals surface area (Å²) < 4.78 is 28.2. The van der Waals surface area contributed by atoms with Crippen LogP contribution in [0.1, 0.15) is 69.0 Å². The number of likely N-dealkylation sites (N-methyl/N-ethyl adjacent to an activating group) is 1. The fourth-order valence-electron chi connectivity index (χ4n) is 6.38. The second-order valence-corrected chi connectivity index (χ2v) is 15.3. The van der Waals surface area contributed by atoms with E-state index in [1.54, 1.807) is 12.3 Å². The lowest BCUT2D eigenvalue weighted by Crippen LogP contribution is -2.56. The van der Waals surface area contributed by atoms with Gasteiger partial charge in [0.15, 0.2) is 0 Å². The predicted octanol–water partition coefficient (Wildman–Crippen LogP) is 2.84. The van der Waals surface area contributed by atoms with Gasteiger partial charge in [-0.25, -0.2) is 12.7 Å². The van der Waals surface area contributed by atoms with E-state index in [1.165, 1.54) is 11.4 Å². The smallest absolute Gasteiger partial charge is 0.243 e. The standard InChI is InChI=1S/C36H50N4O6S/c1-3-12-31(36(44)39-32(24-27-15-8-5-9-16-27)34(42)33(41)28-18-19-28)38-35(43)29(23-26-13-6-4-7-14-26)25-47(45,46)40(2)22-20-30-17-10-11-21-37-30/h1,4,6-7,10-11,13-14,17,21,27-29,31-34,41-42H,5,8-9,12,15-16,18-20,22-25H2,2H3,(H,38,43)(H,39,44)/t29-,31+,32+,33+,34-/m1/s1. The molecule has 2 aliphatic rings. The highest BCUT2D eigenvalue weighted by Gasteiger charge is 2.40. The van der Waals surface area contributed by atoms with Crippen molar-refractivity contribution in [3.05, 3.63) is 66.0 Å². The number of aromatic nitrogens is 1. The van der Waals surface area contributed by atoms with Crippen LogP contribution >= 0.6 is 0 Å². The number of aliphatic hydroxyl groups is 2. The normalized spacial score (nSPS) is 18.8. The number of benzene rings is 1. The molecule has 2 fully saturated rings. The highest BCUT2D eigenvalue weighted by atomic mass is 32.2. The molecule has 0 aliphatic heterocycles. The van der Waals surface area contributed by atoms with Crippen molar-refractivity contribution in [3.63, 3.8) is 0 Å². The summed E-state index contributed by atoms with van der Waals surface area (Å²) in [7, 11) is -2.39. The van der Waals surface area contributed by atoms with Crippen molar-refractivity contribution in [2.24, 2.45) is 17.8 Å². The molecule has 1 heterocycles. The average molecular weight is 667 g/mol. The highest BCUT2D eigenvalue weighted by Crippen LogP contribution is 2.36. The molecule has 4 rings (SSSR count). The fourth-order valence-corrected chi connectivity index (χ4v) is 7.79. The van der Waals surface area contributed by atoms with Gasteiger partial charge >= 0.3 is 0 Å². The summed E-state index contributed by atoms with van der Waals surface area (Å²) in [6, 6.07) is 12.7. The van der Waals surface area contributed by atoms with Crippen molar-refractivity contribution in [1.29, 1.82) is 0 Å². The maximum atomic E-state index is 13.8. The summed E-state index contributed by atoms with van der Waals surface area (Å²) in [6.07, 6.45) is 13.1. The molecule has 0 radical (unpaired) electrons. The first-order valence-corrected chi connectivity index (χ1v) is 18.5. The van der Waals surface area contributed by atoms with E-state index in [9.17, 15) is 28.2 Å². The molecule has 1 aromatic carbocycles. The molecular formula is C36H50N4O6S. The lowest BCUT2D eigenvalue weighted by Gasteiger charge is -2.33. The number of hydrogen-bond acceptors (Lipinski definition) is 7. The molecule has 10 nitrogen and oxygen atoms in total. The van der Waals surface area contributed by atoms with Crippen LogP contribution in [0.15, 0.2) is 54.7 Å². The number of terminal acetylenes is 1. The van der Waals surface area contributed by atoms with Crippen LogP contribution in [-0.4, -0.2) is 83.4 Å². The van der Waals surface area contributed by atoms with Crippen LogP contribution in [0.5, 0.6) is 0 Å². The van der Waals surface area contributed by atoms with Gasteiger partial charge in [-0.2, -0.15) is 0 Å². The zero-order chi connectivity index (χ0) is 33.8. The molecule has 1 aromatic heterocycles. The highest BCUT2D eigenvalue weighted by molar-refractivity contribution is 7.89. The second-order valence-electron chi connectivity index (χ2n) is 13.2. The third kappa shape index (κ3) is 11.4. The minimum absolute atomic E-state index is 0.0137. The summed E-state index contributed by atoms with van der Waals surface area (Å²) in [5.74, 6) is 0.144. The molecule has 11 heteroatoms. The second kappa shape index (κ2) is 17.7. The Bertz CT molecular complexity index is 1420. The first kappa shape index (κ1) is 36.5. The molecule has 5 atom stereocenters. The first-order chi connectivity index (χ1) is 22.6. The molecular weight excluding hydrogens is 616 g/mol. The van der Waals surface area contributed by atoms with Crippen LogP contribution in [0, 0.1) is 30.1 Å². The Morgan fingerprint density at radius 1 is 1.00 bits per heavy atom. The minimum Gasteiger partial charge on any atom is -0.390 e. The van der Waals surface area contributed by atoms with Gasteiger partial charge in [-0.3, -0.25) is 14.6 Å². The zero-order valence-corrected chi connectivity index (χ0v) is 28.2. The summed E-state index contributed by atoms with van der Waals surface area (Å²) in [5.41, 5.74) is 1.54. The number of nitrogens with one attached hydrogen (secondary N) is 2. The molecule has 2 aliphatic carbocycles. The van der Waals surface area contributed by atoms with E-state index in [1.807, 2.05) is 42.5 Å². The van der Waals surface area contributed by atoms with E-state index in [0.717, 1.165) is 56.2 Å². The average Bonchev–Trinajstić information content (AvgIpc) is 3.93. The van der Waals surface area contributed by atoms with Gasteiger partial charge in [0.2, 0.25) is 21.8 Å². The Kier molecular flexibility index (Phi) is 13.8. The van der Waals surface area contributed by atoms with Crippen LogP contribution in [0.4, 0.5) is 0 Å². The van der Waals surface area contributed by atoms with Crippen LogP contribution < -0.4 is 10.6 Å². The Hall–Kier alpha value is -3.30. The zero-order valence-electron chi connectivity index (χ0n) is 27.3. The summed E-state index contributed by atoms with van der Waals surface area (Å²) >= 11 is 0. The molecule has 4 N–H and O–H groups in total. The monoisotopic (exact) mass is 666 g/mol. The van der Waals surface area contributed by atoms with E-state index in [4.69, 9.17) is 6.42 Å². The van der Waals surface area contributed by atoms with Gasteiger partial charge in [0, 0.05) is 38.3 Å².